The van der Waals surface area contributed by atoms with Gasteiger partial charge in [0.15, 0.2) is 0 Å². The molecule has 3 fully saturated rings. The van der Waals surface area contributed by atoms with Crippen molar-refractivity contribution in [2.75, 3.05) is 26.2 Å². The Balaban J connectivity index is 1.38. The van der Waals surface area contributed by atoms with Crippen LogP contribution in [0, 0.1) is 0 Å². The van der Waals surface area contributed by atoms with Gasteiger partial charge in [-0.25, -0.2) is 4.79 Å². The topological polar surface area (TPSA) is 44.8 Å². The second-order valence-electron chi connectivity index (χ2n) is 7.34. The fourth-order valence-corrected chi connectivity index (χ4v) is 5.13. The standard InChI is InChI=1S/C18H27N3O2S/c1-13-10-21(11-17(23-13)14-6-9-24-12-14)18(22)19-15-5-8-20-7-3-2-4-16(15)20/h6,9,12-13,15-17H,2-5,7-8,10-11H2,1H3,(H,19,22)/t13-,15-,16+,17+/m1/s1. The second kappa shape index (κ2) is 7.02. The number of nitrogens with one attached hydrogen (secondary N) is 1. The first-order chi connectivity index (χ1) is 11.7. The maximum Gasteiger partial charge on any atom is 0.317 e. The molecule has 0 spiro atoms. The Labute approximate surface area is 148 Å². The summed E-state index contributed by atoms with van der Waals surface area (Å²) in [4.78, 5) is 17.3. The molecule has 2 amide bonds. The molecule has 0 radical (unpaired) electrons. The highest BCUT2D eigenvalue weighted by atomic mass is 32.1. The molecular weight excluding hydrogens is 322 g/mol. The highest BCUT2D eigenvalue weighted by molar-refractivity contribution is 7.07. The van der Waals surface area contributed by atoms with Crippen molar-refractivity contribution >= 4 is 17.4 Å². The first kappa shape index (κ1) is 16.4. The summed E-state index contributed by atoms with van der Waals surface area (Å²) in [6.45, 7) is 5.71. The molecule has 1 aromatic heterocycles. The van der Waals surface area contributed by atoms with E-state index < -0.39 is 0 Å². The minimum atomic E-state index is 0.000470. The third kappa shape index (κ3) is 3.32. The van der Waals surface area contributed by atoms with Crippen LogP contribution in [-0.2, 0) is 4.74 Å². The van der Waals surface area contributed by atoms with Crippen LogP contribution in [-0.4, -0.2) is 60.2 Å². The zero-order chi connectivity index (χ0) is 16.5. The Morgan fingerprint density at radius 3 is 3.04 bits per heavy atom. The molecule has 1 N–H and O–H groups in total. The van der Waals surface area contributed by atoms with E-state index in [1.807, 2.05) is 4.90 Å². The van der Waals surface area contributed by atoms with E-state index in [1.54, 1.807) is 11.3 Å². The first-order valence-corrected chi connectivity index (χ1v) is 10.1. The van der Waals surface area contributed by atoms with Gasteiger partial charge < -0.3 is 15.0 Å². The van der Waals surface area contributed by atoms with Crippen molar-refractivity contribution in [1.29, 1.82) is 0 Å². The van der Waals surface area contributed by atoms with Crippen LogP contribution in [0.2, 0.25) is 0 Å². The van der Waals surface area contributed by atoms with Gasteiger partial charge in [-0.15, -0.1) is 0 Å². The van der Waals surface area contributed by atoms with E-state index >= 15 is 0 Å². The fraction of sp³-hybridized carbons (Fsp3) is 0.722. The van der Waals surface area contributed by atoms with Crippen LogP contribution >= 0.6 is 11.3 Å². The molecule has 4 rings (SSSR count). The number of fused-ring (bicyclic) bond motifs is 1. The number of morpholine rings is 1. The number of rotatable bonds is 2. The van der Waals surface area contributed by atoms with E-state index in [4.69, 9.17) is 4.74 Å². The van der Waals surface area contributed by atoms with Gasteiger partial charge in [0.2, 0.25) is 0 Å². The van der Waals surface area contributed by atoms with Gasteiger partial charge in [-0.3, -0.25) is 4.90 Å². The Hall–Kier alpha value is -1.11. The molecule has 0 saturated carbocycles. The van der Waals surface area contributed by atoms with Gasteiger partial charge in [0.05, 0.1) is 12.6 Å². The predicted molar refractivity (Wildman–Crippen MR) is 95.3 cm³/mol. The molecule has 4 heterocycles. The van der Waals surface area contributed by atoms with E-state index in [9.17, 15) is 4.79 Å². The minimum Gasteiger partial charge on any atom is -0.367 e. The lowest BCUT2D eigenvalue weighted by Crippen LogP contribution is -2.54. The van der Waals surface area contributed by atoms with Crippen LogP contribution in [0.15, 0.2) is 16.8 Å². The molecule has 0 aliphatic carbocycles. The number of hydrogen-bond donors (Lipinski definition) is 1. The molecule has 1 aromatic rings. The van der Waals surface area contributed by atoms with Crippen LogP contribution in [0.5, 0.6) is 0 Å². The Morgan fingerprint density at radius 1 is 1.29 bits per heavy atom. The smallest absolute Gasteiger partial charge is 0.317 e. The van der Waals surface area contributed by atoms with Crippen LogP contribution < -0.4 is 5.32 Å². The van der Waals surface area contributed by atoms with Gasteiger partial charge in [0.25, 0.3) is 0 Å². The zero-order valence-corrected chi connectivity index (χ0v) is 15.1. The number of nitrogens with zero attached hydrogens (tertiary/aromatic N) is 2. The summed E-state index contributed by atoms with van der Waals surface area (Å²) in [5.74, 6) is 0. The summed E-state index contributed by atoms with van der Waals surface area (Å²) in [5.41, 5.74) is 1.18. The monoisotopic (exact) mass is 349 g/mol. The molecule has 5 nitrogen and oxygen atoms in total. The lowest BCUT2D eigenvalue weighted by molar-refractivity contribution is -0.0658. The third-order valence-electron chi connectivity index (χ3n) is 5.63. The highest BCUT2D eigenvalue weighted by Gasteiger charge is 2.38. The quantitative estimate of drug-likeness (QED) is 0.893. The molecule has 0 unspecified atom stereocenters. The van der Waals surface area contributed by atoms with Crippen LogP contribution in [0.3, 0.4) is 0 Å². The molecule has 3 aliphatic rings. The van der Waals surface area contributed by atoms with E-state index in [2.05, 4.69) is 34.0 Å². The molecule has 4 atom stereocenters. The molecule has 6 heteroatoms. The minimum absolute atomic E-state index is 0.000470. The lowest BCUT2D eigenvalue weighted by Gasteiger charge is -2.38. The fourth-order valence-electron chi connectivity index (χ4n) is 4.43. The number of thiophene rings is 1. The summed E-state index contributed by atoms with van der Waals surface area (Å²) in [6, 6.07) is 3.05. The number of hydrogen-bond acceptors (Lipinski definition) is 4. The Morgan fingerprint density at radius 2 is 2.21 bits per heavy atom. The molecule has 3 saturated heterocycles. The summed E-state index contributed by atoms with van der Waals surface area (Å²) < 4.78 is 6.04. The number of piperidine rings is 1. The average molecular weight is 350 g/mol. The van der Waals surface area contributed by atoms with Crippen molar-refractivity contribution in [3.63, 3.8) is 0 Å². The number of urea groups is 1. The summed E-state index contributed by atoms with van der Waals surface area (Å²) in [6.07, 6.45) is 4.99. The maximum atomic E-state index is 12.8. The van der Waals surface area contributed by atoms with Gasteiger partial charge in [-0.2, -0.15) is 11.3 Å². The number of ether oxygens (including phenoxy) is 1. The van der Waals surface area contributed by atoms with Crippen molar-refractivity contribution in [3.05, 3.63) is 22.4 Å². The second-order valence-corrected chi connectivity index (χ2v) is 8.12. The first-order valence-electron chi connectivity index (χ1n) is 9.18. The van der Waals surface area contributed by atoms with Crippen molar-refractivity contribution < 1.29 is 9.53 Å². The third-order valence-corrected chi connectivity index (χ3v) is 6.33. The SMILES string of the molecule is C[C@@H]1CN(C(=O)N[C@@H]2CCN3CCCC[C@@H]23)C[C@@H](c2ccsc2)O1. The summed E-state index contributed by atoms with van der Waals surface area (Å²) in [5, 5.41) is 7.52. The zero-order valence-electron chi connectivity index (χ0n) is 14.3. The van der Waals surface area contributed by atoms with Crippen LogP contribution in [0.25, 0.3) is 0 Å². The lowest BCUT2D eigenvalue weighted by atomic mass is 9.99. The molecule has 24 heavy (non-hydrogen) atoms. The molecular formula is C18H27N3O2S. The Kier molecular flexibility index (Phi) is 4.79. The van der Waals surface area contributed by atoms with Crippen LogP contribution in [0.1, 0.15) is 44.3 Å². The maximum absolute atomic E-state index is 12.8. The average Bonchev–Trinajstić information content (AvgIpc) is 3.25. The van der Waals surface area contributed by atoms with Crippen molar-refractivity contribution in [2.24, 2.45) is 0 Å². The van der Waals surface area contributed by atoms with Gasteiger partial charge in [-0.05, 0) is 55.1 Å². The molecule has 132 valence electrons. The largest absolute Gasteiger partial charge is 0.367 e. The number of amides is 2. The van der Waals surface area contributed by atoms with Gasteiger partial charge >= 0.3 is 6.03 Å². The number of carbonyl (C=O) groups excluding carboxylic acids is 1. The van der Waals surface area contributed by atoms with Crippen molar-refractivity contribution in [3.8, 4) is 0 Å². The van der Waals surface area contributed by atoms with E-state index in [0.717, 1.165) is 13.0 Å². The van der Waals surface area contributed by atoms with Gasteiger partial charge in [-0.1, -0.05) is 6.42 Å². The Bertz CT molecular complexity index is 565. The van der Waals surface area contributed by atoms with Gasteiger partial charge in [0, 0.05) is 25.2 Å². The molecule has 3 aliphatic heterocycles. The van der Waals surface area contributed by atoms with Crippen LogP contribution in [0.4, 0.5) is 4.79 Å². The van der Waals surface area contributed by atoms with Gasteiger partial charge in [0.1, 0.15) is 6.10 Å². The van der Waals surface area contributed by atoms with E-state index in [-0.39, 0.29) is 18.2 Å². The molecule has 0 bridgehead atoms. The van der Waals surface area contributed by atoms with E-state index in [0.29, 0.717) is 25.2 Å². The summed E-state index contributed by atoms with van der Waals surface area (Å²) in [7, 11) is 0. The van der Waals surface area contributed by atoms with Crippen molar-refractivity contribution in [2.45, 2.75) is 56.9 Å². The van der Waals surface area contributed by atoms with E-state index in [1.165, 1.54) is 31.4 Å². The predicted octanol–water partition coefficient (Wildman–Crippen LogP) is 2.85. The normalized spacial score (nSPS) is 34.1. The van der Waals surface area contributed by atoms with Crippen molar-refractivity contribution in [1.82, 2.24) is 15.1 Å². The number of carbonyl (C=O) groups is 1. The molecule has 0 aromatic carbocycles. The highest BCUT2D eigenvalue weighted by Crippen LogP contribution is 2.29. The summed E-state index contributed by atoms with van der Waals surface area (Å²) >= 11 is 1.68.